The van der Waals surface area contributed by atoms with Gasteiger partial charge in [-0.15, -0.1) is 0 Å². The van der Waals surface area contributed by atoms with Crippen molar-refractivity contribution >= 4 is 65.6 Å². The predicted octanol–water partition coefficient (Wildman–Crippen LogP) is 14.8. The predicted molar refractivity (Wildman–Crippen MR) is 239 cm³/mol. The number of para-hydroxylation sites is 3. The zero-order chi connectivity index (χ0) is 37.5. The minimum atomic E-state index is 0.910. The number of aromatic nitrogens is 2. The molecule has 3 heterocycles. The van der Waals surface area contributed by atoms with Gasteiger partial charge in [0.15, 0.2) is 0 Å². The van der Waals surface area contributed by atoms with E-state index in [0.29, 0.717) is 0 Å². The molecule has 0 radical (unpaired) electrons. The number of hydrogen-bond acceptors (Lipinski definition) is 1. The Bertz CT molecular complexity index is 3510. The van der Waals surface area contributed by atoms with Crippen LogP contribution in [0.15, 0.2) is 211 Å². The number of rotatable bonds is 5. The van der Waals surface area contributed by atoms with E-state index in [0.717, 1.165) is 33.3 Å². The van der Waals surface area contributed by atoms with E-state index in [-0.39, 0.29) is 0 Å². The van der Waals surface area contributed by atoms with Gasteiger partial charge < -0.3 is 13.6 Å². The molecule has 12 aromatic rings. The van der Waals surface area contributed by atoms with Gasteiger partial charge in [0.1, 0.15) is 11.2 Å². The lowest BCUT2D eigenvalue weighted by atomic mass is 10.0. The molecule has 9 aromatic carbocycles. The van der Waals surface area contributed by atoms with Gasteiger partial charge in [-0.1, -0.05) is 127 Å². The van der Waals surface area contributed by atoms with E-state index in [9.17, 15) is 0 Å². The van der Waals surface area contributed by atoms with E-state index in [1.807, 2.05) is 12.1 Å². The van der Waals surface area contributed by atoms with Gasteiger partial charge in [-0.25, -0.2) is 0 Å². The van der Waals surface area contributed by atoms with Crippen LogP contribution >= 0.6 is 0 Å². The van der Waals surface area contributed by atoms with E-state index in [1.54, 1.807) is 0 Å². The third kappa shape index (κ3) is 4.99. The van der Waals surface area contributed by atoms with Crippen LogP contribution in [-0.4, -0.2) is 9.13 Å². The molecule has 0 N–H and O–H groups in total. The highest BCUT2D eigenvalue weighted by Gasteiger charge is 2.17. The molecule has 0 atom stereocenters. The Morgan fingerprint density at radius 3 is 1.39 bits per heavy atom. The van der Waals surface area contributed by atoms with Crippen LogP contribution in [0.2, 0.25) is 0 Å². The molecule has 12 rings (SSSR count). The lowest BCUT2D eigenvalue weighted by molar-refractivity contribution is 0.669. The second-order valence-electron chi connectivity index (χ2n) is 14.9. The first-order valence-corrected chi connectivity index (χ1v) is 19.5. The second kappa shape index (κ2) is 12.5. The summed E-state index contributed by atoms with van der Waals surface area (Å²) in [5, 5.41) is 7.25. The van der Waals surface area contributed by atoms with Crippen LogP contribution in [0.5, 0.6) is 0 Å². The number of hydrogen-bond donors (Lipinski definition) is 0. The zero-order valence-corrected chi connectivity index (χ0v) is 30.9. The smallest absolute Gasteiger partial charge is 0.135 e. The normalized spacial score (nSPS) is 11.9. The first kappa shape index (κ1) is 31.7. The Labute approximate surface area is 328 Å². The molecule has 3 heteroatoms. The van der Waals surface area contributed by atoms with Crippen LogP contribution in [0.3, 0.4) is 0 Å². The molecule has 0 fully saturated rings. The maximum atomic E-state index is 6.13. The van der Waals surface area contributed by atoms with Gasteiger partial charge >= 0.3 is 0 Å². The second-order valence-corrected chi connectivity index (χ2v) is 14.9. The molecule has 3 aromatic heterocycles. The largest absolute Gasteiger partial charge is 0.456 e. The lowest BCUT2D eigenvalue weighted by Gasteiger charge is -2.11. The highest BCUT2D eigenvalue weighted by Crippen LogP contribution is 2.39. The van der Waals surface area contributed by atoms with Gasteiger partial charge in [-0.05, 0) is 112 Å². The molecule has 266 valence electrons. The average molecular weight is 727 g/mol. The summed E-state index contributed by atoms with van der Waals surface area (Å²) in [4.78, 5) is 0. The van der Waals surface area contributed by atoms with Crippen LogP contribution in [-0.2, 0) is 0 Å². The van der Waals surface area contributed by atoms with Crippen LogP contribution in [0, 0.1) is 0 Å². The first-order chi connectivity index (χ1) is 28.2. The van der Waals surface area contributed by atoms with Crippen molar-refractivity contribution in [3.63, 3.8) is 0 Å². The summed E-state index contributed by atoms with van der Waals surface area (Å²) >= 11 is 0. The summed E-state index contributed by atoms with van der Waals surface area (Å²) in [6.45, 7) is 0. The summed E-state index contributed by atoms with van der Waals surface area (Å²) < 4.78 is 10.9. The Kier molecular flexibility index (Phi) is 6.93. The number of furan rings is 1. The van der Waals surface area contributed by atoms with Gasteiger partial charge in [-0.3, -0.25) is 0 Å². The van der Waals surface area contributed by atoms with E-state index < -0.39 is 0 Å². The Morgan fingerprint density at radius 2 is 0.702 bits per heavy atom. The summed E-state index contributed by atoms with van der Waals surface area (Å²) in [7, 11) is 0. The Balaban J connectivity index is 0.963. The van der Waals surface area contributed by atoms with Crippen LogP contribution in [0.4, 0.5) is 0 Å². The molecule has 0 aliphatic rings. The Hall–Kier alpha value is -7.62. The molecule has 0 amide bonds. The Morgan fingerprint density at radius 1 is 0.246 bits per heavy atom. The molecule has 57 heavy (non-hydrogen) atoms. The molecule has 0 spiro atoms. The summed E-state index contributed by atoms with van der Waals surface area (Å²) in [5.74, 6) is 0. The van der Waals surface area contributed by atoms with Crippen LogP contribution in [0.1, 0.15) is 0 Å². The summed E-state index contributed by atoms with van der Waals surface area (Å²) in [6, 6.07) is 74.6. The van der Waals surface area contributed by atoms with Crippen LogP contribution < -0.4 is 0 Å². The monoisotopic (exact) mass is 726 g/mol. The van der Waals surface area contributed by atoms with E-state index >= 15 is 0 Å². The summed E-state index contributed by atoms with van der Waals surface area (Å²) in [5.41, 5.74) is 16.1. The van der Waals surface area contributed by atoms with E-state index in [1.165, 1.54) is 77.0 Å². The van der Waals surface area contributed by atoms with E-state index in [2.05, 4.69) is 203 Å². The van der Waals surface area contributed by atoms with Crippen molar-refractivity contribution in [3.05, 3.63) is 206 Å². The van der Waals surface area contributed by atoms with Gasteiger partial charge in [0.2, 0.25) is 0 Å². The minimum absolute atomic E-state index is 0.910. The summed E-state index contributed by atoms with van der Waals surface area (Å²) in [6.07, 6.45) is 0. The zero-order valence-electron chi connectivity index (χ0n) is 30.9. The highest BCUT2D eigenvalue weighted by molar-refractivity contribution is 6.13. The number of benzene rings is 9. The SMILES string of the molecule is c1ccc(-c2ccc(-n3c4ccccc4c4cc(-c5ccc6c(c5)c5ccccc5n6-c5cccc(-c6ccc7oc8ccccc8c7c6)c5)ccc43)cc2)cc1. The van der Waals surface area contributed by atoms with Crippen molar-refractivity contribution in [3.8, 4) is 44.8 Å². The number of fused-ring (bicyclic) bond motifs is 9. The standard InChI is InChI=1S/C54H34N2O/c1-2-11-35(12-3-1)36-21-26-41(27-22-36)55-49-18-7-4-15-43(49)46-32-38(23-28-51(46)55)39-24-29-52-47(33-39)44-16-5-8-19-50(44)56(52)42-14-10-13-37(31-42)40-25-30-54-48(34-40)45-17-6-9-20-53(45)57-54/h1-34H. The number of nitrogens with zero attached hydrogens (tertiary/aromatic N) is 2. The lowest BCUT2D eigenvalue weighted by Crippen LogP contribution is -1.94. The van der Waals surface area contributed by atoms with Crippen molar-refractivity contribution < 1.29 is 4.42 Å². The fourth-order valence-corrected chi connectivity index (χ4v) is 9.03. The van der Waals surface area contributed by atoms with Crippen molar-refractivity contribution in [1.82, 2.24) is 9.13 Å². The van der Waals surface area contributed by atoms with Gasteiger partial charge in [-0.2, -0.15) is 0 Å². The van der Waals surface area contributed by atoms with Crippen molar-refractivity contribution in [2.45, 2.75) is 0 Å². The molecular formula is C54H34N2O. The fourth-order valence-electron chi connectivity index (χ4n) is 9.03. The quantitative estimate of drug-likeness (QED) is 0.173. The molecule has 0 bridgehead atoms. The van der Waals surface area contributed by atoms with E-state index in [4.69, 9.17) is 4.42 Å². The molecule has 0 saturated carbocycles. The molecule has 0 aliphatic carbocycles. The maximum absolute atomic E-state index is 6.13. The highest BCUT2D eigenvalue weighted by atomic mass is 16.3. The molecular weight excluding hydrogens is 693 g/mol. The van der Waals surface area contributed by atoms with Crippen molar-refractivity contribution in [1.29, 1.82) is 0 Å². The average Bonchev–Trinajstić information content (AvgIpc) is 3.94. The topological polar surface area (TPSA) is 23.0 Å². The van der Waals surface area contributed by atoms with Crippen LogP contribution in [0.25, 0.3) is 110 Å². The molecule has 0 unspecified atom stereocenters. The minimum Gasteiger partial charge on any atom is -0.456 e. The molecule has 3 nitrogen and oxygen atoms in total. The van der Waals surface area contributed by atoms with Crippen molar-refractivity contribution in [2.75, 3.05) is 0 Å². The van der Waals surface area contributed by atoms with Gasteiger partial charge in [0.05, 0.1) is 22.1 Å². The van der Waals surface area contributed by atoms with Crippen molar-refractivity contribution in [2.24, 2.45) is 0 Å². The fraction of sp³-hybridized carbons (Fsp3) is 0. The third-order valence-electron chi connectivity index (χ3n) is 11.7. The molecule has 0 saturated heterocycles. The first-order valence-electron chi connectivity index (χ1n) is 19.5. The van der Waals surface area contributed by atoms with Gasteiger partial charge in [0, 0.05) is 43.7 Å². The maximum Gasteiger partial charge on any atom is 0.135 e. The third-order valence-corrected chi connectivity index (χ3v) is 11.7. The molecule has 0 aliphatic heterocycles. The van der Waals surface area contributed by atoms with Gasteiger partial charge in [0.25, 0.3) is 0 Å².